The van der Waals surface area contributed by atoms with Crippen LogP contribution >= 0.6 is 0 Å². The van der Waals surface area contributed by atoms with Crippen molar-refractivity contribution >= 4 is 17.3 Å². The van der Waals surface area contributed by atoms with Crippen molar-refractivity contribution in [3.63, 3.8) is 0 Å². The van der Waals surface area contributed by atoms with Crippen LogP contribution in [0.4, 0.5) is 11.4 Å². The lowest BCUT2D eigenvalue weighted by Gasteiger charge is -2.36. The molecule has 1 aliphatic rings. The average molecular weight is 261 g/mol. The first-order chi connectivity index (χ1) is 9.15. The van der Waals surface area contributed by atoms with Crippen molar-refractivity contribution in [1.29, 1.82) is 0 Å². The summed E-state index contributed by atoms with van der Waals surface area (Å²) in [5.41, 5.74) is 8.10. The van der Waals surface area contributed by atoms with Gasteiger partial charge in [0, 0.05) is 20.1 Å². The largest absolute Gasteiger partial charge is 0.371 e. The Hall–Kier alpha value is -1.55. The smallest absolute Gasteiger partial charge is 0.244 e. The lowest BCUT2D eigenvalue weighted by atomic mass is 10.1. The molecule has 0 unspecified atom stereocenters. The van der Waals surface area contributed by atoms with E-state index in [1.165, 1.54) is 0 Å². The van der Waals surface area contributed by atoms with E-state index in [2.05, 4.69) is 18.9 Å². The lowest BCUT2D eigenvalue weighted by molar-refractivity contribution is -0.120. The highest BCUT2D eigenvalue weighted by molar-refractivity contribution is 6.00. The van der Waals surface area contributed by atoms with E-state index in [9.17, 15) is 4.79 Å². The third kappa shape index (κ3) is 2.89. The minimum atomic E-state index is -0.378. The molecule has 1 aromatic carbocycles. The molecule has 0 saturated heterocycles. The number of hydrogen-bond donors (Lipinski definition) is 1. The van der Waals surface area contributed by atoms with Crippen molar-refractivity contribution in [2.45, 2.75) is 32.2 Å². The van der Waals surface area contributed by atoms with Gasteiger partial charge < -0.3 is 15.5 Å². The maximum Gasteiger partial charge on any atom is 0.244 e. The van der Waals surface area contributed by atoms with Crippen LogP contribution in [-0.4, -0.2) is 32.1 Å². The number of hydrogen-bond acceptors (Lipinski definition) is 3. The number of para-hydroxylation sites is 2. The number of anilines is 2. The van der Waals surface area contributed by atoms with E-state index < -0.39 is 0 Å². The summed E-state index contributed by atoms with van der Waals surface area (Å²) < 4.78 is 0. The van der Waals surface area contributed by atoms with Crippen LogP contribution in [0.25, 0.3) is 0 Å². The Morgan fingerprint density at radius 2 is 2.00 bits per heavy atom. The fraction of sp³-hybridized carbons (Fsp3) is 0.533. The van der Waals surface area contributed by atoms with Gasteiger partial charge >= 0.3 is 0 Å². The molecule has 104 valence electrons. The normalized spacial score (nSPS) is 16.2. The van der Waals surface area contributed by atoms with Crippen LogP contribution in [0.3, 0.4) is 0 Å². The molecule has 1 aromatic rings. The standard InChI is InChI=1S/C15H23N3O/c1-3-4-7-12(16)15(19)18-11-10-17(2)13-8-5-6-9-14(13)18/h5-6,8-9,12H,3-4,7,10-11,16H2,1-2H3/t12-/m0/s1. The molecule has 0 aromatic heterocycles. The van der Waals surface area contributed by atoms with E-state index in [-0.39, 0.29) is 11.9 Å². The molecule has 0 spiro atoms. The first kappa shape index (κ1) is 13.9. The molecular weight excluding hydrogens is 238 g/mol. The van der Waals surface area contributed by atoms with Crippen molar-refractivity contribution in [1.82, 2.24) is 0 Å². The Labute approximate surface area is 115 Å². The van der Waals surface area contributed by atoms with Crippen LogP contribution < -0.4 is 15.5 Å². The van der Waals surface area contributed by atoms with Crippen molar-refractivity contribution in [2.24, 2.45) is 5.73 Å². The summed E-state index contributed by atoms with van der Waals surface area (Å²) in [6.45, 7) is 3.68. The maximum absolute atomic E-state index is 12.5. The number of likely N-dealkylation sites (N-methyl/N-ethyl adjacent to an activating group) is 1. The SMILES string of the molecule is CCCC[C@H](N)C(=O)N1CCN(C)c2ccccc21. The summed E-state index contributed by atoms with van der Waals surface area (Å²) >= 11 is 0. The second-order valence-corrected chi connectivity index (χ2v) is 5.15. The highest BCUT2D eigenvalue weighted by Crippen LogP contribution is 2.32. The van der Waals surface area contributed by atoms with Crippen LogP contribution in [-0.2, 0) is 4.79 Å². The van der Waals surface area contributed by atoms with E-state index >= 15 is 0 Å². The minimum absolute atomic E-state index is 0.0500. The molecule has 0 aliphatic carbocycles. The number of nitrogens with zero attached hydrogens (tertiary/aromatic N) is 2. The lowest BCUT2D eigenvalue weighted by Crippen LogP contribution is -2.49. The van der Waals surface area contributed by atoms with Crippen molar-refractivity contribution in [3.8, 4) is 0 Å². The molecule has 1 heterocycles. The Bertz CT molecular complexity index is 447. The fourth-order valence-corrected chi connectivity index (χ4v) is 2.48. The summed E-state index contributed by atoms with van der Waals surface area (Å²) in [4.78, 5) is 16.5. The van der Waals surface area contributed by atoms with E-state index in [4.69, 9.17) is 5.73 Å². The fourth-order valence-electron chi connectivity index (χ4n) is 2.48. The summed E-state index contributed by atoms with van der Waals surface area (Å²) in [7, 11) is 2.05. The molecule has 0 radical (unpaired) electrons. The molecule has 1 atom stereocenters. The predicted molar refractivity (Wildman–Crippen MR) is 79.6 cm³/mol. The van der Waals surface area contributed by atoms with Crippen LogP contribution in [0, 0.1) is 0 Å². The maximum atomic E-state index is 12.5. The molecule has 1 amide bonds. The third-order valence-corrected chi connectivity index (χ3v) is 3.69. The molecule has 2 rings (SSSR count). The van der Waals surface area contributed by atoms with Crippen molar-refractivity contribution in [2.75, 3.05) is 29.9 Å². The van der Waals surface area contributed by atoms with Gasteiger partial charge in [-0.3, -0.25) is 4.79 Å². The van der Waals surface area contributed by atoms with Gasteiger partial charge in [-0.05, 0) is 18.6 Å². The number of nitrogens with two attached hydrogens (primary N) is 1. The Balaban J connectivity index is 2.18. The average Bonchev–Trinajstić information content (AvgIpc) is 2.45. The van der Waals surface area contributed by atoms with Crippen molar-refractivity contribution in [3.05, 3.63) is 24.3 Å². The first-order valence-electron chi connectivity index (χ1n) is 7.02. The quantitative estimate of drug-likeness (QED) is 0.901. The van der Waals surface area contributed by atoms with E-state index in [1.807, 2.05) is 29.2 Å². The van der Waals surface area contributed by atoms with E-state index in [0.29, 0.717) is 6.54 Å². The molecule has 0 bridgehead atoms. The van der Waals surface area contributed by atoms with E-state index in [1.54, 1.807) is 0 Å². The summed E-state index contributed by atoms with van der Waals surface area (Å²) in [6.07, 6.45) is 2.84. The van der Waals surface area contributed by atoms with Gasteiger partial charge in [0.05, 0.1) is 17.4 Å². The minimum Gasteiger partial charge on any atom is -0.371 e. The third-order valence-electron chi connectivity index (χ3n) is 3.69. The number of fused-ring (bicyclic) bond motifs is 1. The number of unbranched alkanes of at least 4 members (excludes halogenated alkanes) is 1. The topological polar surface area (TPSA) is 49.6 Å². The van der Waals surface area contributed by atoms with Gasteiger partial charge in [-0.2, -0.15) is 0 Å². The van der Waals surface area contributed by atoms with E-state index in [0.717, 1.165) is 37.2 Å². The van der Waals surface area contributed by atoms with Gasteiger partial charge in [-0.1, -0.05) is 31.9 Å². The molecule has 4 nitrogen and oxygen atoms in total. The van der Waals surface area contributed by atoms with Gasteiger partial charge in [-0.15, -0.1) is 0 Å². The van der Waals surface area contributed by atoms with Gasteiger partial charge in [0.2, 0.25) is 5.91 Å². The summed E-state index contributed by atoms with van der Waals surface area (Å²) in [5, 5.41) is 0. The molecular formula is C15H23N3O. The molecule has 2 N–H and O–H groups in total. The zero-order chi connectivity index (χ0) is 13.8. The Morgan fingerprint density at radius 1 is 1.32 bits per heavy atom. The number of amides is 1. The Morgan fingerprint density at radius 3 is 2.68 bits per heavy atom. The molecule has 4 heteroatoms. The summed E-state index contributed by atoms with van der Waals surface area (Å²) in [6, 6.07) is 7.63. The second kappa shape index (κ2) is 6.06. The number of benzene rings is 1. The molecule has 1 aliphatic heterocycles. The first-order valence-corrected chi connectivity index (χ1v) is 7.02. The molecule has 0 fully saturated rings. The number of carbonyl (C=O) groups excluding carboxylic acids is 1. The summed E-state index contributed by atoms with van der Waals surface area (Å²) in [5.74, 6) is 0.0500. The van der Waals surface area contributed by atoms with Crippen LogP contribution in [0.15, 0.2) is 24.3 Å². The zero-order valence-corrected chi connectivity index (χ0v) is 11.8. The van der Waals surface area contributed by atoms with Gasteiger partial charge in [-0.25, -0.2) is 0 Å². The van der Waals surface area contributed by atoms with Gasteiger partial charge in [0.1, 0.15) is 0 Å². The molecule has 19 heavy (non-hydrogen) atoms. The van der Waals surface area contributed by atoms with Gasteiger partial charge in [0.25, 0.3) is 0 Å². The Kier molecular flexibility index (Phi) is 4.43. The van der Waals surface area contributed by atoms with Crippen LogP contribution in [0.1, 0.15) is 26.2 Å². The van der Waals surface area contributed by atoms with Crippen LogP contribution in [0.5, 0.6) is 0 Å². The second-order valence-electron chi connectivity index (χ2n) is 5.15. The predicted octanol–water partition coefficient (Wildman–Crippen LogP) is 1.99. The zero-order valence-electron chi connectivity index (χ0n) is 11.8. The molecule has 0 saturated carbocycles. The van der Waals surface area contributed by atoms with Gasteiger partial charge in [0.15, 0.2) is 0 Å². The number of rotatable bonds is 4. The monoisotopic (exact) mass is 261 g/mol. The number of carbonyl (C=O) groups is 1. The van der Waals surface area contributed by atoms with Crippen molar-refractivity contribution < 1.29 is 4.79 Å². The van der Waals surface area contributed by atoms with Crippen LogP contribution in [0.2, 0.25) is 0 Å². The highest BCUT2D eigenvalue weighted by atomic mass is 16.2. The highest BCUT2D eigenvalue weighted by Gasteiger charge is 2.27.